The van der Waals surface area contributed by atoms with Crippen molar-refractivity contribution in [1.82, 2.24) is 0 Å². The van der Waals surface area contributed by atoms with Crippen LogP contribution in [-0.2, 0) is 22.6 Å². The van der Waals surface area contributed by atoms with E-state index >= 15 is 0 Å². The van der Waals surface area contributed by atoms with Gasteiger partial charge in [-0.05, 0) is 37.1 Å². The fraction of sp³-hybridized carbons (Fsp3) is 0.250. The predicted molar refractivity (Wildman–Crippen MR) is 80.7 cm³/mol. The number of benzene rings is 2. The molecule has 2 aromatic carbocycles. The van der Waals surface area contributed by atoms with Gasteiger partial charge in [-0.2, -0.15) is 13.2 Å². The lowest BCUT2D eigenvalue weighted by molar-refractivity contribution is -0.139. The number of fused-ring (bicyclic) bond motifs is 1. The second kappa shape index (κ2) is 5.26. The van der Waals surface area contributed by atoms with Crippen LogP contribution in [0.25, 0.3) is 0 Å². The summed E-state index contributed by atoms with van der Waals surface area (Å²) in [6, 6.07) is 10.7. The van der Waals surface area contributed by atoms with Crippen molar-refractivity contribution in [2.24, 2.45) is 0 Å². The van der Waals surface area contributed by atoms with E-state index in [1.165, 1.54) is 12.1 Å². The molecular weight excluding hydrogens is 327 g/mol. The molecule has 0 fully saturated rings. The van der Waals surface area contributed by atoms with Gasteiger partial charge in [0.1, 0.15) is 0 Å². The van der Waals surface area contributed by atoms with Gasteiger partial charge in [0.15, 0.2) is 0 Å². The second-order valence-corrected chi connectivity index (χ2v) is 7.26. The van der Waals surface area contributed by atoms with Gasteiger partial charge in [0, 0.05) is 6.04 Å². The van der Waals surface area contributed by atoms with Crippen LogP contribution in [0.1, 0.15) is 18.1 Å². The average molecular weight is 341 g/mol. The third kappa shape index (κ3) is 2.59. The summed E-state index contributed by atoms with van der Waals surface area (Å²) in [7, 11) is -4.30. The quantitative estimate of drug-likeness (QED) is 0.832. The maximum atomic E-state index is 13.2. The fourth-order valence-corrected chi connectivity index (χ4v) is 4.84. The normalized spacial score (nSPS) is 18.1. The van der Waals surface area contributed by atoms with Gasteiger partial charge >= 0.3 is 6.18 Å². The van der Waals surface area contributed by atoms with Crippen LogP contribution in [0.15, 0.2) is 53.4 Å². The van der Waals surface area contributed by atoms with Crippen LogP contribution in [0.5, 0.6) is 0 Å². The number of hydrogen-bond donors (Lipinski definition) is 0. The minimum absolute atomic E-state index is 0.432. The van der Waals surface area contributed by atoms with Gasteiger partial charge in [-0.1, -0.05) is 30.3 Å². The third-order valence-electron chi connectivity index (χ3n) is 3.87. The van der Waals surface area contributed by atoms with Crippen molar-refractivity contribution in [2.75, 3.05) is 4.31 Å². The molecule has 3 nitrogen and oxygen atoms in total. The van der Waals surface area contributed by atoms with E-state index in [4.69, 9.17) is 0 Å². The van der Waals surface area contributed by atoms with E-state index in [2.05, 4.69) is 0 Å². The molecule has 0 aliphatic carbocycles. The molecule has 0 amide bonds. The van der Waals surface area contributed by atoms with E-state index in [0.29, 0.717) is 12.1 Å². The molecule has 1 aliphatic heterocycles. The minimum Gasteiger partial charge on any atom is -0.263 e. The topological polar surface area (TPSA) is 37.4 Å². The number of halogens is 3. The summed E-state index contributed by atoms with van der Waals surface area (Å²) in [5.74, 6) is 0. The van der Waals surface area contributed by atoms with Crippen molar-refractivity contribution in [1.29, 1.82) is 0 Å². The Bertz CT molecular complexity index is 846. The van der Waals surface area contributed by atoms with E-state index in [-0.39, 0.29) is 0 Å². The average Bonchev–Trinajstić information content (AvgIpc) is 2.82. The first-order chi connectivity index (χ1) is 10.7. The van der Waals surface area contributed by atoms with Crippen molar-refractivity contribution >= 4 is 15.7 Å². The summed E-state index contributed by atoms with van der Waals surface area (Å²) >= 11 is 0. The number of para-hydroxylation sites is 1. The summed E-state index contributed by atoms with van der Waals surface area (Å²) in [4.78, 5) is -0.712. The maximum Gasteiger partial charge on any atom is 0.417 e. The van der Waals surface area contributed by atoms with Crippen molar-refractivity contribution in [3.05, 3.63) is 59.7 Å². The van der Waals surface area contributed by atoms with Crippen LogP contribution in [0.3, 0.4) is 0 Å². The molecule has 2 aromatic rings. The van der Waals surface area contributed by atoms with Crippen LogP contribution in [0.4, 0.5) is 18.9 Å². The highest BCUT2D eigenvalue weighted by atomic mass is 32.2. The first kappa shape index (κ1) is 15.9. The number of alkyl halides is 3. The molecule has 3 rings (SSSR count). The number of hydrogen-bond acceptors (Lipinski definition) is 2. The summed E-state index contributed by atoms with van der Waals surface area (Å²) in [6.45, 7) is 1.69. The molecule has 1 aliphatic rings. The number of rotatable bonds is 2. The molecule has 0 saturated carbocycles. The standard InChI is InChI=1S/C16H14F3NO2S/c1-11-10-12-6-2-4-8-14(12)20(11)23(21,22)15-9-5-3-7-13(15)16(17,18)19/h2-9,11H,10H2,1H3. The molecular formula is C16H14F3NO2S. The highest BCUT2D eigenvalue weighted by Gasteiger charge is 2.42. The van der Waals surface area contributed by atoms with Crippen LogP contribution in [0, 0.1) is 0 Å². The first-order valence-electron chi connectivity index (χ1n) is 7.01. The molecule has 7 heteroatoms. The predicted octanol–water partition coefficient (Wildman–Crippen LogP) is 3.85. The molecule has 122 valence electrons. The third-order valence-corrected chi connectivity index (χ3v) is 5.86. The zero-order valence-corrected chi connectivity index (χ0v) is 13.0. The van der Waals surface area contributed by atoms with E-state index in [1.54, 1.807) is 31.2 Å². The van der Waals surface area contributed by atoms with Gasteiger partial charge in [0.2, 0.25) is 0 Å². The van der Waals surface area contributed by atoms with E-state index < -0.39 is 32.7 Å². The Labute approximate surface area is 132 Å². The molecule has 1 heterocycles. The summed E-state index contributed by atoms with van der Waals surface area (Å²) in [6.07, 6.45) is -4.25. The Balaban J connectivity index is 2.18. The molecule has 1 unspecified atom stereocenters. The molecule has 1 atom stereocenters. The largest absolute Gasteiger partial charge is 0.417 e. The second-order valence-electron chi connectivity index (χ2n) is 5.48. The highest BCUT2D eigenvalue weighted by Crippen LogP contribution is 2.40. The SMILES string of the molecule is CC1Cc2ccccc2N1S(=O)(=O)c1ccccc1C(F)(F)F. The minimum atomic E-state index is -4.73. The lowest BCUT2D eigenvalue weighted by Crippen LogP contribution is -2.36. The highest BCUT2D eigenvalue weighted by molar-refractivity contribution is 7.93. The summed E-state index contributed by atoms with van der Waals surface area (Å²) in [5, 5.41) is 0. The zero-order valence-electron chi connectivity index (χ0n) is 12.2. The van der Waals surface area contributed by atoms with Crippen LogP contribution < -0.4 is 4.31 Å². The van der Waals surface area contributed by atoms with Gasteiger partial charge in [-0.3, -0.25) is 4.31 Å². The lowest BCUT2D eigenvalue weighted by atomic mass is 10.1. The van der Waals surface area contributed by atoms with E-state index in [1.807, 2.05) is 0 Å². The van der Waals surface area contributed by atoms with Gasteiger partial charge in [-0.25, -0.2) is 8.42 Å². The van der Waals surface area contributed by atoms with E-state index in [0.717, 1.165) is 22.0 Å². The molecule has 0 N–H and O–H groups in total. The van der Waals surface area contributed by atoms with Crippen LogP contribution in [-0.4, -0.2) is 14.5 Å². The smallest absolute Gasteiger partial charge is 0.263 e. The Morgan fingerprint density at radius 1 is 1.04 bits per heavy atom. The molecule has 0 spiro atoms. The Hall–Kier alpha value is -2.02. The lowest BCUT2D eigenvalue weighted by Gasteiger charge is -2.26. The van der Waals surface area contributed by atoms with Crippen molar-refractivity contribution in [3.8, 4) is 0 Å². The van der Waals surface area contributed by atoms with Gasteiger partial charge in [0.05, 0.1) is 16.1 Å². The zero-order chi connectivity index (χ0) is 16.8. The Morgan fingerprint density at radius 2 is 1.65 bits per heavy atom. The molecule has 0 saturated heterocycles. The number of sulfonamides is 1. The van der Waals surface area contributed by atoms with E-state index in [9.17, 15) is 21.6 Å². The maximum absolute atomic E-state index is 13.2. The number of anilines is 1. The van der Waals surface area contributed by atoms with Gasteiger partial charge in [0.25, 0.3) is 10.0 Å². The Morgan fingerprint density at radius 3 is 2.35 bits per heavy atom. The van der Waals surface area contributed by atoms with Crippen molar-refractivity contribution in [2.45, 2.75) is 30.5 Å². The van der Waals surface area contributed by atoms with Gasteiger partial charge in [-0.15, -0.1) is 0 Å². The molecule has 23 heavy (non-hydrogen) atoms. The molecule has 0 aromatic heterocycles. The van der Waals surface area contributed by atoms with Crippen LogP contribution in [0.2, 0.25) is 0 Å². The fourth-order valence-electron chi connectivity index (χ4n) is 2.94. The van der Waals surface area contributed by atoms with Crippen molar-refractivity contribution in [3.63, 3.8) is 0 Å². The summed E-state index contributed by atoms with van der Waals surface area (Å²) in [5.41, 5.74) is 0.113. The summed E-state index contributed by atoms with van der Waals surface area (Å²) < 4.78 is 66.4. The van der Waals surface area contributed by atoms with Gasteiger partial charge < -0.3 is 0 Å². The number of nitrogens with zero attached hydrogens (tertiary/aromatic N) is 1. The molecule has 0 bridgehead atoms. The Kier molecular flexibility index (Phi) is 3.63. The van der Waals surface area contributed by atoms with Crippen LogP contribution >= 0.6 is 0 Å². The first-order valence-corrected chi connectivity index (χ1v) is 8.45. The monoisotopic (exact) mass is 341 g/mol. The molecule has 0 radical (unpaired) electrons. The van der Waals surface area contributed by atoms with Crippen molar-refractivity contribution < 1.29 is 21.6 Å².